The normalized spacial score (nSPS) is 10.3. The summed E-state index contributed by atoms with van der Waals surface area (Å²) in [7, 11) is 0. The third-order valence-electron chi connectivity index (χ3n) is 7.39. The number of hydrogen-bond donors (Lipinski definition) is 0. The molecular formula is C43H32IrN2O-4. The van der Waals surface area contributed by atoms with Crippen LogP contribution in [0.3, 0.4) is 0 Å². The van der Waals surface area contributed by atoms with Gasteiger partial charge in [-0.05, 0) is 35.0 Å². The molecule has 0 atom stereocenters. The number of aromatic nitrogens is 2. The van der Waals surface area contributed by atoms with Crippen molar-refractivity contribution in [2.75, 3.05) is 0 Å². The zero-order valence-electron chi connectivity index (χ0n) is 26.4. The van der Waals surface area contributed by atoms with E-state index in [2.05, 4.69) is 85.3 Å². The van der Waals surface area contributed by atoms with Crippen LogP contribution >= 0.6 is 0 Å². The molecule has 8 aromatic rings. The third kappa shape index (κ3) is 8.56. The van der Waals surface area contributed by atoms with E-state index < -0.39 is 0 Å². The van der Waals surface area contributed by atoms with Gasteiger partial charge >= 0.3 is 0 Å². The van der Waals surface area contributed by atoms with E-state index >= 15 is 0 Å². The van der Waals surface area contributed by atoms with Crippen LogP contribution in [-0.2, 0) is 20.1 Å². The summed E-state index contributed by atoms with van der Waals surface area (Å²) in [6.45, 7) is 6.17. The molecule has 5 aromatic carbocycles. The Bertz CT molecular complexity index is 2060. The number of para-hydroxylation sites is 1. The molecule has 0 unspecified atom stereocenters. The molecule has 1 radical (unpaired) electrons. The van der Waals surface area contributed by atoms with Crippen molar-refractivity contribution < 1.29 is 24.5 Å². The summed E-state index contributed by atoms with van der Waals surface area (Å²) >= 11 is 0. The van der Waals surface area contributed by atoms with E-state index in [-0.39, 0.29) is 20.1 Å². The number of fused-ring (bicyclic) bond motifs is 3. The van der Waals surface area contributed by atoms with Crippen molar-refractivity contribution in [3.8, 4) is 33.6 Å². The number of rotatable bonds is 3. The van der Waals surface area contributed by atoms with Gasteiger partial charge in [-0.3, -0.25) is 0 Å². The van der Waals surface area contributed by atoms with Crippen LogP contribution in [0.4, 0.5) is 0 Å². The zero-order chi connectivity index (χ0) is 31.7. The van der Waals surface area contributed by atoms with Crippen molar-refractivity contribution >= 4 is 21.9 Å². The molecule has 0 aliphatic heterocycles. The molecule has 0 saturated heterocycles. The van der Waals surface area contributed by atoms with Crippen LogP contribution in [0.5, 0.6) is 0 Å². The number of benzene rings is 5. The van der Waals surface area contributed by atoms with Crippen LogP contribution in [0.15, 0.2) is 144 Å². The second-order valence-electron chi connectivity index (χ2n) is 11.0. The van der Waals surface area contributed by atoms with Gasteiger partial charge in [0.1, 0.15) is 5.58 Å². The predicted molar refractivity (Wildman–Crippen MR) is 188 cm³/mol. The van der Waals surface area contributed by atoms with E-state index in [0.29, 0.717) is 0 Å². The summed E-state index contributed by atoms with van der Waals surface area (Å²) < 4.78 is 5.90. The van der Waals surface area contributed by atoms with E-state index in [4.69, 9.17) is 4.42 Å². The standard InChI is InChI=1S/C19H12O.2C12H10N.Ir/c1-13-6-8-14(9-7-13)15-10-11-17-16-4-2-3-5-18(16)20-19(17)12-15;2*1-10-5-7-11(8-6-10)12-4-2-3-9-13-12;/h2-8,11-12H,1H3;2*2-7,9H,1H3;/q-2;2*-1;. The number of pyridine rings is 2. The zero-order valence-corrected chi connectivity index (χ0v) is 28.8. The Balaban J connectivity index is 0.000000142. The van der Waals surface area contributed by atoms with Crippen molar-refractivity contribution in [3.05, 3.63) is 181 Å². The fourth-order valence-corrected chi connectivity index (χ4v) is 4.86. The van der Waals surface area contributed by atoms with E-state index in [1.807, 2.05) is 97.1 Å². The first kappa shape index (κ1) is 33.2. The molecule has 4 heteroatoms. The largest absolute Gasteiger partial charge is 0.477 e. The Morgan fingerprint density at radius 1 is 0.447 bits per heavy atom. The van der Waals surface area contributed by atoms with Crippen LogP contribution in [0.1, 0.15) is 16.7 Å². The molecule has 0 N–H and O–H groups in total. The number of nitrogens with zero attached hydrogens (tertiary/aromatic N) is 2. The van der Waals surface area contributed by atoms with Gasteiger partial charge in [-0.1, -0.05) is 68.6 Å². The minimum absolute atomic E-state index is 0. The molecule has 0 fully saturated rings. The van der Waals surface area contributed by atoms with Crippen molar-refractivity contribution in [1.29, 1.82) is 0 Å². The maximum absolute atomic E-state index is 5.90. The molecule has 8 rings (SSSR count). The van der Waals surface area contributed by atoms with Crippen LogP contribution in [0.25, 0.3) is 55.6 Å². The first-order valence-corrected chi connectivity index (χ1v) is 15.1. The molecule has 233 valence electrons. The molecule has 3 aromatic heterocycles. The Morgan fingerprint density at radius 3 is 1.43 bits per heavy atom. The van der Waals surface area contributed by atoms with E-state index in [1.165, 1.54) is 16.7 Å². The summed E-state index contributed by atoms with van der Waals surface area (Å²) in [6, 6.07) is 55.2. The topological polar surface area (TPSA) is 38.9 Å². The minimum atomic E-state index is 0. The van der Waals surface area contributed by atoms with Crippen LogP contribution in [0, 0.1) is 45.0 Å². The summed E-state index contributed by atoms with van der Waals surface area (Å²) in [5.74, 6) is 0. The number of hydrogen-bond acceptors (Lipinski definition) is 3. The Labute approximate surface area is 290 Å². The van der Waals surface area contributed by atoms with Gasteiger partial charge in [0.25, 0.3) is 0 Å². The van der Waals surface area contributed by atoms with Gasteiger partial charge in [0.05, 0.1) is 0 Å². The predicted octanol–water partition coefficient (Wildman–Crippen LogP) is 10.9. The molecule has 47 heavy (non-hydrogen) atoms. The number of furan rings is 1. The third-order valence-corrected chi connectivity index (χ3v) is 7.39. The summed E-state index contributed by atoms with van der Waals surface area (Å²) in [4.78, 5) is 8.49. The van der Waals surface area contributed by atoms with E-state index in [1.54, 1.807) is 12.4 Å². The van der Waals surface area contributed by atoms with Crippen molar-refractivity contribution in [1.82, 2.24) is 9.97 Å². The number of aryl methyl sites for hydroxylation is 3. The fraction of sp³-hybridized carbons (Fsp3) is 0.0698. The monoisotopic (exact) mass is 785 g/mol. The summed E-state index contributed by atoms with van der Waals surface area (Å²) in [5.41, 5.74) is 11.6. The average molecular weight is 785 g/mol. The summed E-state index contributed by atoms with van der Waals surface area (Å²) in [6.07, 6.45) is 3.59. The molecule has 0 bridgehead atoms. The molecule has 3 nitrogen and oxygen atoms in total. The van der Waals surface area contributed by atoms with Gasteiger partial charge in [0.2, 0.25) is 0 Å². The molecule has 0 amide bonds. The van der Waals surface area contributed by atoms with Gasteiger partial charge in [-0.2, -0.15) is 30.3 Å². The SMILES string of the molecule is Cc1c[c-]c(-c2[c-]cc3c(c2)oc2ccccc23)cc1.Cc1c[c-]c(-c2ccccn2)cc1.Cc1c[c-]c(-c2ccccn2)cc1.[Ir]. The molecular weight excluding hydrogens is 753 g/mol. The minimum Gasteiger partial charge on any atom is -0.477 e. The van der Waals surface area contributed by atoms with E-state index in [0.717, 1.165) is 55.6 Å². The molecule has 3 heterocycles. The smallest absolute Gasteiger partial charge is 0.123 e. The first-order chi connectivity index (χ1) is 22.5. The Morgan fingerprint density at radius 2 is 0.936 bits per heavy atom. The molecule has 0 aliphatic carbocycles. The van der Waals surface area contributed by atoms with Gasteiger partial charge in [0.15, 0.2) is 0 Å². The second kappa shape index (κ2) is 15.9. The van der Waals surface area contributed by atoms with Crippen molar-refractivity contribution in [2.24, 2.45) is 0 Å². The van der Waals surface area contributed by atoms with Gasteiger partial charge < -0.3 is 14.4 Å². The Hall–Kier alpha value is -5.15. The molecule has 0 aliphatic rings. The maximum atomic E-state index is 5.90. The maximum Gasteiger partial charge on any atom is 0.123 e. The average Bonchev–Trinajstić information content (AvgIpc) is 3.49. The van der Waals surface area contributed by atoms with Gasteiger partial charge in [0, 0.05) is 38.1 Å². The second-order valence-corrected chi connectivity index (χ2v) is 11.0. The first-order valence-electron chi connectivity index (χ1n) is 15.1. The van der Waals surface area contributed by atoms with Crippen LogP contribution in [0.2, 0.25) is 0 Å². The van der Waals surface area contributed by atoms with Crippen LogP contribution in [-0.4, -0.2) is 9.97 Å². The van der Waals surface area contributed by atoms with Gasteiger partial charge in [-0.15, -0.1) is 88.5 Å². The van der Waals surface area contributed by atoms with Gasteiger partial charge in [-0.25, -0.2) is 11.1 Å². The molecule has 0 saturated carbocycles. The van der Waals surface area contributed by atoms with E-state index in [9.17, 15) is 0 Å². The van der Waals surface area contributed by atoms with Crippen molar-refractivity contribution in [2.45, 2.75) is 20.8 Å². The molecule has 0 spiro atoms. The van der Waals surface area contributed by atoms with Crippen molar-refractivity contribution in [3.63, 3.8) is 0 Å². The Kier molecular flexibility index (Phi) is 11.2. The fourth-order valence-electron chi connectivity index (χ4n) is 4.86. The summed E-state index contributed by atoms with van der Waals surface area (Å²) in [5, 5.41) is 2.25. The van der Waals surface area contributed by atoms with Crippen LogP contribution < -0.4 is 0 Å². The quantitative estimate of drug-likeness (QED) is 0.168.